The van der Waals surface area contributed by atoms with Gasteiger partial charge in [0.25, 0.3) is 0 Å². The van der Waals surface area contributed by atoms with Crippen molar-refractivity contribution in [2.75, 3.05) is 36.7 Å². The number of nitrogens with zero attached hydrogens (tertiary/aromatic N) is 2. The molecule has 5 nitrogen and oxygen atoms in total. The van der Waals surface area contributed by atoms with Crippen molar-refractivity contribution in [3.63, 3.8) is 0 Å². The van der Waals surface area contributed by atoms with E-state index in [1.165, 1.54) is 6.26 Å². The Kier molecular flexibility index (Phi) is 8.87. The third-order valence-electron chi connectivity index (χ3n) is 8.88. The molecule has 1 atom stereocenters. The number of aryl methyl sites for hydroxylation is 2. The van der Waals surface area contributed by atoms with Gasteiger partial charge in [0.15, 0.2) is 5.78 Å². The maximum Gasteiger partial charge on any atom is 0.232 e. The summed E-state index contributed by atoms with van der Waals surface area (Å²) < 4.78 is 26.7. The molecule has 0 N–H and O–H groups in total. The molecule has 0 aromatic heterocycles. The normalized spacial score (nSPS) is 17.5. The molecule has 0 radical (unpaired) electrons. The van der Waals surface area contributed by atoms with E-state index in [0.29, 0.717) is 23.0 Å². The van der Waals surface area contributed by atoms with Crippen LogP contribution in [0.2, 0.25) is 10.0 Å². The van der Waals surface area contributed by atoms with Gasteiger partial charge in [-0.3, -0.25) is 9.10 Å². The minimum atomic E-state index is -3.33. The van der Waals surface area contributed by atoms with Crippen LogP contribution in [-0.4, -0.2) is 51.5 Å². The van der Waals surface area contributed by atoms with E-state index in [0.717, 1.165) is 78.8 Å². The second kappa shape index (κ2) is 12.1. The molecule has 41 heavy (non-hydrogen) atoms. The molecular weight excluding hydrogens is 575 g/mol. The van der Waals surface area contributed by atoms with Gasteiger partial charge in [0, 0.05) is 23.9 Å². The maximum absolute atomic E-state index is 13.1. The Morgan fingerprint density at radius 3 is 2.27 bits per heavy atom. The molecule has 0 amide bonds. The smallest absolute Gasteiger partial charge is 0.232 e. The molecule has 0 unspecified atom stereocenters. The fourth-order valence-corrected chi connectivity index (χ4v) is 7.99. The lowest BCUT2D eigenvalue weighted by Gasteiger charge is -2.40. The van der Waals surface area contributed by atoms with Crippen LogP contribution in [0, 0.1) is 13.8 Å². The number of halogens is 2. The Bertz CT molecular complexity index is 1530. The summed E-state index contributed by atoms with van der Waals surface area (Å²) >= 11 is 12.6. The van der Waals surface area contributed by atoms with Crippen molar-refractivity contribution in [1.29, 1.82) is 0 Å². The van der Waals surface area contributed by atoms with Crippen LogP contribution < -0.4 is 4.31 Å². The number of fused-ring (bicyclic) bond motifs is 2. The van der Waals surface area contributed by atoms with Crippen LogP contribution in [0.3, 0.4) is 0 Å². The van der Waals surface area contributed by atoms with E-state index in [1.54, 1.807) is 4.31 Å². The fourth-order valence-electron chi connectivity index (χ4n) is 6.68. The van der Waals surface area contributed by atoms with Gasteiger partial charge in [-0.25, -0.2) is 8.42 Å². The zero-order chi connectivity index (χ0) is 29.4. The van der Waals surface area contributed by atoms with Crippen molar-refractivity contribution in [3.8, 4) is 0 Å². The highest BCUT2D eigenvalue weighted by atomic mass is 35.5. The van der Waals surface area contributed by atoms with Gasteiger partial charge in [0.2, 0.25) is 10.0 Å². The first-order valence-corrected chi connectivity index (χ1v) is 16.9. The minimum absolute atomic E-state index is 0.141. The number of ketones is 1. The summed E-state index contributed by atoms with van der Waals surface area (Å²) in [7, 11) is -3.33. The molecule has 1 saturated heterocycles. The highest BCUT2D eigenvalue weighted by molar-refractivity contribution is 7.92. The van der Waals surface area contributed by atoms with Crippen molar-refractivity contribution < 1.29 is 13.2 Å². The standard InChI is InChI=1S/C33H38Cl2N2O3S/c1-23-18-24(2)20-27(19-23)32(38)11-9-25(26-8-10-29(34)30(35)21-26)12-15-36-16-13-33(14-17-36)22-37(41(3,39)40)31-7-5-4-6-28(31)33/h4-8,10,18-21,25H,9,11-17,22H2,1-3H3/t25-/m0/s1. The van der Waals surface area contributed by atoms with E-state index in [2.05, 4.69) is 17.0 Å². The molecule has 8 heteroatoms. The summed E-state index contributed by atoms with van der Waals surface area (Å²) in [6.45, 7) is 7.27. The Labute approximate surface area is 254 Å². The largest absolute Gasteiger partial charge is 0.303 e. The van der Waals surface area contributed by atoms with Gasteiger partial charge in [-0.05, 0) is 107 Å². The van der Waals surface area contributed by atoms with E-state index in [-0.39, 0.29) is 17.1 Å². The van der Waals surface area contributed by atoms with Crippen molar-refractivity contribution in [2.45, 2.75) is 57.3 Å². The third kappa shape index (κ3) is 6.67. The molecule has 2 aliphatic rings. The van der Waals surface area contributed by atoms with Crippen LogP contribution in [0.1, 0.15) is 70.6 Å². The first-order valence-electron chi connectivity index (χ1n) is 14.3. The second-order valence-electron chi connectivity index (χ2n) is 11.9. The number of carbonyl (C=O) groups excluding carboxylic acids is 1. The van der Waals surface area contributed by atoms with Gasteiger partial charge in [-0.1, -0.05) is 64.7 Å². The summed E-state index contributed by atoms with van der Waals surface area (Å²) in [4.78, 5) is 15.6. The number of anilines is 1. The molecule has 0 bridgehead atoms. The molecule has 3 aromatic rings. The molecule has 0 saturated carbocycles. The summed E-state index contributed by atoms with van der Waals surface area (Å²) in [5, 5.41) is 1.06. The first kappa shape index (κ1) is 30.1. The van der Waals surface area contributed by atoms with Crippen LogP contribution in [-0.2, 0) is 15.4 Å². The van der Waals surface area contributed by atoms with Crippen molar-refractivity contribution in [2.24, 2.45) is 0 Å². The van der Waals surface area contributed by atoms with Gasteiger partial charge in [0.05, 0.1) is 22.0 Å². The van der Waals surface area contributed by atoms with E-state index in [1.807, 2.05) is 62.4 Å². The number of hydrogen-bond acceptors (Lipinski definition) is 4. The molecule has 5 rings (SSSR count). The van der Waals surface area contributed by atoms with Crippen molar-refractivity contribution in [1.82, 2.24) is 4.90 Å². The number of Topliss-reactive ketones (excluding diaryl/α,β-unsaturated/α-hetero) is 1. The second-order valence-corrected chi connectivity index (χ2v) is 14.6. The number of piperidine rings is 1. The summed E-state index contributed by atoms with van der Waals surface area (Å²) in [6.07, 6.45) is 5.23. The molecular formula is C33H38Cl2N2O3S. The van der Waals surface area contributed by atoms with Gasteiger partial charge < -0.3 is 4.90 Å². The first-order chi connectivity index (χ1) is 19.4. The topological polar surface area (TPSA) is 57.7 Å². The number of carbonyl (C=O) groups is 1. The summed E-state index contributed by atoms with van der Waals surface area (Å²) in [5.74, 6) is 0.334. The number of benzene rings is 3. The zero-order valence-corrected chi connectivity index (χ0v) is 26.3. The van der Waals surface area contributed by atoms with Gasteiger partial charge in [0.1, 0.15) is 0 Å². The molecule has 218 valence electrons. The van der Waals surface area contributed by atoms with Gasteiger partial charge in [-0.15, -0.1) is 0 Å². The Hall–Kier alpha value is -2.38. The lowest BCUT2D eigenvalue weighted by atomic mass is 9.74. The van der Waals surface area contributed by atoms with Gasteiger partial charge in [-0.2, -0.15) is 0 Å². The van der Waals surface area contributed by atoms with Crippen LogP contribution >= 0.6 is 23.2 Å². The number of rotatable bonds is 9. The van der Waals surface area contributed by atoms with Crippen LogP contribution in [0.4, 0.5) is 5.69 Å². The molecule has 2 aliphatic heterocycles. The lowest BCUT2D eigenvalue weighted by molar-refractivity contribution is 0.0975. The lowest BCUT2D eigenvalue weighted by Crippen LogP contribution is -2.46. The number of para-hydroxylation sites is 1. The Balaban J connectivity index is 1.26. The highest BCUT2D eigenvalue weighted by Gasteiger charge is 2.46. The minimum Gasteiger partial charge on any atom is -0.303 e. The predicted molar refractivity (Wildman–Crippen MR) is 169 cm³/mol. The summed E-state index contributed by atoms with van der Waals surface area (Å²) in [5.41, 5.74) is 5.92. The predicted octanol–water partition coefficient (Wildman–Crippen LogP) is 7.56. The Morgan fingerprint density at radius 2 is 1.61 bits per heavy atom. The summed E-state index contributed by atoms with van der Waals surface area (Å²) in [6, 6.07) is 19.8. The Morgan fingerprint density at radius 1 is 0.927 bits per heavy atom. The van der Waals surface area contributed by atoms with E-state index in [4.69, 9.17) is 23.2 Å². The molecule has 0 aliphatic carbocycles. The van der Waals surface area contributed by atoms with E-state index in [9.17, 15) is 13.2 Å². The maximum atomic E-state index is 13.1. The molecule has 2 heterocycles. The number of sulfonamides is 1. The van der Waals surface area contributed by atoms with Crippen LogP contribution in [0.5, 0.6) is 0 Å². The van der Waals surface area contributed by atoms with Crippen LogP contribution in [0.15, 0.2) is 60.7 Å². The van der Waals surface area contributed by atoms with Gasteiger partial charge >= 0.3 is 0 Å². The average molecular weight is 614 g/mol. The molecule has 1 fully saturated rings. The number of likely N-dealkylation sites (tertiary alicyclic amines) is 1. The molecule has 3 aromatic carbocycles. The third-order valence-corrected chi connectivity index (χ3v) is 10.7. The number of hydrogen-bond donors (Lipinski definition) is 0. The van der Waals surface area contributed by atoms with E-state index < -0.39 is 10.0 Å². The zero-order valence-electron chi connectivity index (χ0n) is 24.0. The van der Waals surface area contributed by atoms with Crippen molar-refractivity contribution >= 4 is 44.7 Å². The average Bonchev–Trinajstić information content (AvgIpc) is 3.25. The van der Waals surface area contributed by atoms with Crippen LogP contribution in [0.25, 0.3) is 0 Å². The SMILES string of the molecule is Cc1cc(C)cc(C(=O)CC[C@@H](CCN2CCC3(CC2)CN(S(C)(=O)=O)c2ccccc23)c2ccc(Cl)c(Cl)c2)c1. The fraction of sp³-hybridized carbons (Fsp3) is 0.424. The van der Waals surface area contributed by atoms with E-state index >= 15 is 0 Å². The highest BCUT2D eigenvalue weighted by Crippen LogP contribution is 2.48. The molecule has 1 spiro atoms. The monoisotopic (exact) mass is 612 g/mol. The van der Waals surface area contributed by atoms with Crippen molar-refractivity contribution in [3.05, 3.63) is 98.5 Å². The quantitative estimate of drug-likeness (QED) is 0.234.